The fourth-order valence-electron chi connectivity index (χ4n) is 0.776. The zero-order valence-corrected chi connectivity index (χ0v) is 7.06. The minimum absolute atomic E-state index is 0.186. The monoisotopic (exact) mass is 190 g/mol. The lowest BCUT2D eigenvalue weighted by Crippen LogP contribution is -1.94. The lowest BCUT2D eigenvalue weighted by molar-refractivity contribution is 0.463. The van der Waals surface area contributed by atoms with E-state index in [1.54, 1.807) is 0 Å². The Labute approximate surface area is 71.1 Å². The van der Waals surface area contributed by atoms with Crippen molar-refractivity contribution in [3.8, 4) is 5.75 Å². The standard InChI is InChI=1S/C7H7FO3S/c1-4-2-5(8)7(12(10)11)3-6(4)9/h2-3,9H,1H3,(H,10,11). The van der Waals surface area contributed by atoms with Gasteiger partial charge in [0.2, 0.25) is 0 Å². The molecule has 0 heterocycles. The summed E-state index contributed by atoms with van der Waals surface area (Å²) in [6.45, 7) is 1.50. The van der Waals surface area contributed by atoms with E-state index in [1.165, 1.54) is 6.92 Å². The molecule has 0 aliphatic heterocycles. The molecule has 0 saturated heterocycles. The van der Waals surface area contributed by atoms with Gasteiger partial charge in [0.05, 0.1) is 0 Å². The predicted octanol–water partition coefficient (Wildman–Crippen LogP) is 1.42. The van der Waals surface area contributed by atoms with Crippen LogP contribution in [0.25, 0.3) is 0 Å². The third-order valence-corrected chi connectivity index (χ3v) is 2.13. The maximum absolute atomic E-state index is 12.8. The van der Waals surface area contributed by atoms with Crippen LogP contribution in [0, 0.1) is 12.7 Å². The predicted molar refractivity (Wildman–Crippen MR) is 41.8 cm³/mol. The Bertz CT molecular complexity index is 338. The molecule has 12 heavy (non-hydrogen) atoms. The number of aromatic hydroxyl groups is 1. The van der Waals surface area contributed by atoms with E-state index >= 15 is 0 Å². The van der Waals surface area contributed by atoms with E-state index in [9.17, 15) is 8.60 Å². The van der Waals surface area contributed by atoms with Crippen LogP contribution in [0.1, 0.15) is 5.56 Å². The van der Waals surface area contributed by atoms with E-state index in [0.717, 1.165) is 12.1 Å². The van der Waals surface area contributed by atoms with Crippen molar-refractivity contribution in [2.24, 2.45) is 0 Å². The number of phenolic OH excluding ortho intramolecular Hbond substituents is 1. The number of halogens is 1. The van der Waals surface area contributed by atoms with Crippen molar-refractivity contribution >= 4 is 11.1 Å². The smallest absolute Gasteiger partial charge is 0.189 e. The molecule has 2 N–H and O–H groups in total. The van der Waals surface area contributed by atoms with Crippen LogP contribution in [0.15, 0.2) is 17.0 Å². The molecular formula is C7H7FO3S. The largest absolute Gasteiger partial charge is 0.508 e. The van der Waals surface area contributed by atoms with Crippen LogP contribution in [0.4, 0.5) is 4.39 Å². The van der Waals surface area contributed by atoms with Gasteiger partial charge in [-0.15, -0.1) is 0 Å². The Morgan fingerprint density at radius 1 is 1.50 bits per heavy atom. The quantitative estimate of drug-likeness (QED) is 0.658. The number of hydrogen-bond acceptors (Lipinski definition) is 2. The molecule has 3 nitrogen and oxygen atoms in total. The second-order valence-electron chi connectivity index (χ2n) is 2.32. The SMILES string of the molecule is Cc1cc(F)c(S(=O)O)cc1O. The summed E-state index contributed by atoms with van der Waals surface area (Å²) in [5, 5.41) is 9.06. The Morgan fingerprint density at radius 2 is 2.08 bits per heavy atom. The fraction of sp³-hybridized carbons (Fsp3) is 0.143. The molecule has 0 saturated carbocycles. The Balaban J connectivity index is 3.33. The topological polar surface area (TPSA) is 57.5 Å². The highest BCUT2D eigenvalue weighted by molar-refractivity contribution is 7.79. The van der Waals surface area contributed by atoms with Gasteiger partial charge in [0, 0.05) is 6.07 Å². The van der Waals surface area contributed by atoms with Crippen molar-refractivity contribution in [3.63, 3.8) is 0 Å². The third-order valence-electron chi connectivity index (χ3n) is 1.44. The second kappa shape index (κ2) is 3.20. The summed E-state index contributed by atoms with van der Waals surface area (Å²) >= 11 is -2.39. The van der Waals surface area contributed by atoms with Crippen molar-refractivity contribution in [2.45, 2.75) is 11.8 Å². The molecule has 0 spiro atoms. The van der Waals surface area contributed by atoms with Crippen molar-refractivity contribution in [1.82, 2.24) is 0 Å². The molecule has 0 radical (unpaired) electrons. The maximum atomic E-state index is 12.8. The van der Waals surface area contributed by atoms with Crippen LogP contribution >= 0.6 is 0 Å². The normalized spacial score (nSPS) is 12.9. The van der Waals surface area contributed by atoms with Crippen molar-refractivity contribution in [2.75, 3.05) is 0 Å². The van der Waals surface area contributed by atoms with Crippen LogP contribution in [0.3, 0.4) is 0 Å². The molecule has 1 aromatic carbocycles. The van der Waals surface area contributed by atoms with Gasteiger partial charge in [0.15, 0.2) is 11.1 Å². The average Bonchev–Trinajstić information content (AvgIpc) is 1.96. The maximum Gasteiger partial charge on any atom is 0.189 e. The van der Waals surface area contributed by atoms with Gasteiger partial charge in [-0.3, -0.25) is 0 Å². The van der Waals surface area contributed by atoms with Crippen molar-refractivity contribution in [1.29, 1.82) is 0 Å². The molecule has 0 bridgehead atoms. The highest BCUT2D eigenvalue weighted by Gasteiger charge is 2.10. The molecule has 0 amide bonds. The molecule has 0 aliphatic rings. The van der Waals surface area contributed by atoms with Crippen LogP contribution in [-0.2, 0) is 11.1 Å². The summed E-state index contributed by atoms with van der Waals surface area (Å²) in [5.41, 5.74) is 0.335. The van der Waals surface area contributed by atoms with E-state index < -0.39 is 21.8 Å². The first-order chi connectivity index (χ1) is 5.52. The molecule has 0 aliphatic carbocycles. The molecule has 1 atom stereocenters. The summed E-state index contributed by atoms with van der Waals surface area (Å²) in [4.78, 5) is -0.405. The molecule has 0 aromatic heterocycles. The summed E-state index contributed by atoms with van der Waals surface area (Å²) in [6, 6.07) is 1.96. The summed E-state index contributed by atoms with van der Waals surface area (Å²) in [6.07, 6.45) is 0. The first-order valence-corrected chi connectivity index (χ1v) is 4.23. The Hall–Kier alpha value is -0.940. The van der Waals surface area contributed by atoms with Gasteiger partial charge in [-0.25, -0.2) is 8.60 Å². The fourth-order valence-corrected chi connectivity index (χ4v) is 1.21. The molecular weight excluding hydrogens is 183 g/mol. The molecule has 1 rings (SSSR count). The first-order valence-electron chi connectivity index (χ1n) is 3.12. The number of phenols is 1. The zero-order chi connectivity index (χ0) is 9.30. The first kappa shape index (κ1) is 9.15. The van der Waals surface area contributed by atoms with Crippen molar-refractivity contribution in [3.05, 3.63) is 23.5 Å². The Kier molecular flexibility index (Phi) is 2.44. The highest BCUT2D eigenvalue weighted by atomic mass is 32.2. The van der Waals surface area contributed by atoms with Gasteiger partial charge < -0.3 is 9.66 Å². The minimum atomic E-state index is -2.39. The number of aryl methyl sites for hydroxylation is 1. The van der Waals surface area contributed by atoms with Crippen LogP contribution in [0.2, 0.25) is 0 Å². The highest BCUT2D eigenvalue weighted by Crippen LogP contribution is 2.22. The van der Waals surface area contributed by atoms with E-state index in [1.807, 2.05) is 0 Å². The van der Waals surface area contributed by atoms with Gasteiger partial charge in [-0.05, 0) is 18.6 Å². The summed E-state index contributed by atoms with van der Waals surface area (Å²) in [5.74, 6) is -0.972. The van der Waals surface area contributed by atoms with Gasteiger partial charge in [0.25, 0.3) is 0 Å². The zero-order valence-electron chi connectivity index (χ0n) is 6.24. The van der Waals surface area contributed by atoms with Gasteiger partial charge in [-0.1, -0.05) is 0 Å². The third kappa shape index (κ3) is 1.62. The minimum Gasteiger partial charge on any atom is -0.508 e. The van der Waals surface area contributed by atoms with Crippen molar-refractivity contribution < 1.29 is 18.3 Å². The van der Waals surface area contributed by atoms with Gasteiger partial charge in [-0.2, -0.15) is 0 Å². The number of rotatable bonds is 1. The molecule has 1 unspecified atom stereocenters. The molecule has 5 heteroatoms. The average molecular weight is 190 g/mol. The second-order valence-corrected chi connectivity index (χ2v) is 3.26. The molecule has 1 aromatic rings. The summed E-state index contributed by atoms with van der Waals surface area (Å²) in [7, 11) is 0. The van der Waals surface area contributed by atoms with E-state index in [2.05, 4.69) is 0 Å². The lowest BCUT2D eigenvalue weighted by Gasteiger charge is -2.01. The lowest BCUT2D eigenvalue weighted by atomic mass is 10.2. The molecule has 0 fully saturated rings. The van der Waals surface area contributed by atoms with E-state index in [-0.39, 0.29) is 5.75 Å². The van der Waals surface area contributed by atoms with E-state index in [0.29, 0.717) is 5.56 Å². The van der Waals surface area contributed by atoms with Crippen LogP contribution in [0.5, 0.6) is 5.75 Å². The van der Waals surface area contributed by atoms with Crippen LogP contribution < -0.4 is 0 Å². The summed E-state index contributed by atoms with van der Waals surface area (Å²) < 4.78 is 31.8. The number of hydrogen-bond donors (Lipinski definition) is 2. The molecule has 66 valence electrons. The number of benzene rings is 1. The van der Waals surface area contributed by atoms with E-state index in [4.69, 9.17) is 9.66 Å². The van der Waals surface area contributed by atoms with Gasteiger partial charge in [0.1, 0.15) is 16.5 Å². The van der Waals surface area contributed by atoms with Crippen LogP contribution in [-0.4, -0.2) is 13.9 Å². The Morgan fingerprint density at radius 3 is 2.58 bits per heavy atom. The van der Waals surface area contributed by atoms with Gasteiger partial charge >= 0.3 is 0 Å².